The maximum atomic E-state index is 10.2. The molecule has 0 bridgehead atoms. The molecule has 1 aromatic rings. The maximum Gasteiger partial charge on any atom is 0.303 e. The lowest BCUT2D eigenvalue weighted by Crippen LogP contribution is -2.21. The van der Waals surface area contributed by atoms with Crippen LogP contribution in [0.2, 0.25) is 0 Å². The van der Waals surface area contributed by atoms with Gasteiger partial charge in [0.25, 0.3) is 0 Å². The van der Waals surface area contributed by atoms with Crippen LogP contribution in [0.3, 0.4) is 0 Å². The average Bonchev–Trinajstić information content (AvgIpc) is 3.16. The highest BCUT2D eigenvalue weighted by Crippen LogP contribution is 2.39. The van der Waals surface area contributed by atoms with Gasteiger partial charge in [-0.1, -0.05) is 28.0 Å². The third-order valence-corrected chi connectivity index (χ3v) is 6.79. The van der Waals surface area contributed by atoms with Crippen molar-refractivity contribution < 1.29 is 20.1 Å². The highest BCUT2D eigenvalue weighted by Gasteiger charge is 2.15. The molecule has 2 heterocycles. The Balaban J connectivity index is 0.000000292. The van der Waals surface area contributed by atoms with Crippen LogP contribution in [0.5, 0.6) is 5.75 Å². The van der Waals surface area contributed by atoms with Crippen LogP contribution in [-0.2, 0) is 11.4 Å². The molecule has 9 nitrogen and oxygen atoms in total. The molecule has 2 rings (SSSR count). The zero-order chi connectivity index (χ0) is 20.9. The van der Waals surface area contributed by atoms with Gasteiger partial charge in [-0.25, -0.2) is 0 Å². The normalized spacial score (nSPS) is 15.9. The number of aliphatic carboxylic acids is 1. The molecule has 0 amide bonds. The van der Waals surface area contributed by atoms with E-state index < -0.39 is 5.97 Å². The summed E-state index contributed by atoms with van der Waals surface area (Å²) in [5.41, 5.74) is 11.4. The fourth-order valence-corrected chi connectivity index (χ4v) is 5.32. The van der Waals surface area contributed by atoms with Gasteiger partial charge in [-0.2, -0.15) is 5.10 Å². The summed E-state index contributed by atoms with van der Waals surface area (Å²) in [5.74, 6) is 0.366. The minimum absolute atomic E-state index is 0.0545. The summed E-state index contributed by atoms with van der Waals surface area (Å²) in [4.78, 5) is 14.1. The van der Waals surface area contributed by atoms with E-state index in [0.29, 0.717) is 23.2 Å². The van der Waals surface area contributed by atoms with Crippen molar-refractivity contribution in [3.05, 3.63) is 23.0 Å². The van der Waals surface area contributed by atoms with Crippen molar-refractivity contribution in [3.63, 3.8) is 0 Å². The lowest BCUT2D eigenvalue weighted by atomic mass is 10.1. The fraction of sp³-hybridized carbons (Fsp3) is 0.529. The van der Waals surface area contributed by atoms with Gasteiger partial charge in [-0.3, -0.25) is 9.78 Å². The molecule has 0 radical (unpaired) electrons. The molecule has 0 unspecified atom stereocenters. The van der Waals surface area contributed by atoms with Crippen molar-refractivity contribution in [1.29, 1.82) is 0 Å². The number of aliphatic hydroxyl groups is 1. The van der Waals surface area contributed by atoms with Crippen molar-refractivity contribution >= 4 is 39.7 Å². The van der Waals surface area contributed by atoms with Gasteiger partial charge in [-0.15, -0.1) is 5.10 Å². The zero-order valence-corrected chi connectivity index (χ0v) is 17.4. The third-order valence-electron chi connectivity index (χ3n) is 3.78. The number of unbranched alkanes of at least 4 members (excludes halogenated alkanes) is 1. The number of carboxylic acid groups (broad SMARTS) is 1. The van der Waals surface area contributed by atoms with Crippen LogP contribution in [0.1, 0.15) is 48.9 Å². The van der Waals surface area contributed by atoms with Crippen molar-refractivity contribution in [1.82, 2.24) is 4.98 Å². The fourth-order valence-electron chi connectivity index (χ4n) is 2.29. The number of aliphatic hydroxyl groups excluding tert-OH is 1. The quantitative estimate of drug-likeness (QED) is 0.136. The Kier molecular flexibility index (Phi) is 11.4. The first-order valence-electron chi connectivity index (χ1n) is 8.75. The molecule has 28 heavy (non-hydrogen) atoms. The number of hydrogen-bond donors (Lipinski definition) is 5. The molecule has 0 spiro atoms. The number of aromatic hydroxyl groups is 1. The van der Waals surface area contributed by atoms with Gasteiger partial charge in [-0.05, 0) is 26.2 Å². The molecular formula is C17H27N5O4S2. The number of nitrogens with two attached hydrogens (primary N) is 2. The van der Waals surface area contributed by atoms with Crippen LogP contribution < -0.4 is 11.5 Å². The monoisotopic (exact) mass is 429 g/mol. The van der Waals surface area contributed by atoms with Gasteiger partial charge >= 0.3 is 5.97 Å². The highest BCUT2D eigenvalue weighted by atomic mass is 33.1. The largest absolute Gasteiger partial charge is 0.505 e. The molecule has 1 saturated heterocycles. The van der Waals surface area contributed by atoms with E-state index in [4.69, 9.17) is 21.7 Å². The summed E-state index contributed by atoms with van der Waals surface area (Å²) in [5, 5.41) is 34.9. The molecule has 11 heteroatoms. The lowest BCUT2D eigenvalue weighted by molar-refractivity contribution is -0.137. The van der Waals surface area contributed by atoms with Gasteiger partial charge < -0.3 is 26.8 Å². The summed E-state index contributed by atoms with van der Waals surface area (Å²) in [6, 6.07) is 0. The Labute approximate surface area is 172 Å². The van der Waals surface area contributed by atoms with Crippen LogP contribution in [0, 0.1) is 6.92 Å². The molecule has 0 saturated carbocycles. The van der Waals surface area contributed by atoms with E-state index in [0.717, 1.165) is 18.1 Å². The molecule has 1 atom stereocenters. The third kappa shape index (κ3) is 9.29. The van der Waals surface area contributed by atoms with E-state index in [1.54, 1.807) is 6.92 Å². The molecule has 1 fully saturated rings. The highest BCUT2D eigenvalue weighted by molar-refractivity contribution is 8.77. The second-order valence-electron chi connectivity index (χ2n) is 6.03. The number of aryl methyl sites for hydroxylation is 1. The topological polar surface area (TPSA) is 167 Å². The summed E-state index contributed by atoms with van der Waals surface area (Å²) in [7, 11) is 3.92. The van der Waals surface area contributed by atoms with Crippen molar-refractivity contribution in [2.24, 2.45) is 21.7 Å². The Morgan fingerprint density at radius 2 is 2.18 bits per heavy atom. The smallest absolute Gasteiger partial charge is 0.303 e. The second kappa shape index (κ2) is 13.2. The molecule has 0 aromatic carbocycles. The first-order chi connectivity index (χ1) is 13.3. The van der Waals surface area contributed by atoms with E-state index >= 15 is 0 Å². The number of carboxylic acids is 1. The van der Waals surface area contributed by atoms with Crippen LogP contribution in [0.4, 0.5) is 0 Å². The van der Waals surface area contributed by atoms with Gasteiger partial charge in [0.15, 0.2) is 0 Å². The number of guanidine groups is 1. The maximum absolute atomic E-state index is 10.2. The average molecular weight is 430 g/mol. The van der Waals surface area contributed by atoms with E-state index in [-0.39, 0.29) is 18.3 Å². The minimum Gasteiger partial charge on any atom is -0.505 e. The summed E-state index contributed by atoms with van der Waals surface area (Å²) >= 11 is 0. The Bertz CT molecular complexity index is 690. The van der Waals surface area contributed by atoms with Crippen LogP contribution in [0.25, 0.3) is 0 Å². The number of carbonyl (C=O) groups is 1. The molecule has 1 aromatic heterocycles. The van der Waals surface area contributed by atoms with E-state index in [9.17, 15) is 9.90 Å². The van der Waals surface area contributed by atoms with Crippen molar-refractivity contribution in [2.45, 2.75) is 50.9 Å². The SMILES string of the molecule is Cc1ncc(CO)c(/C=N/N=C(N)N)c1O.O=C(O)CCCC[C@@H]1CCSS1. The Hall–Kier alpha value is -1.98. The van der Waals surface area contributed by atoms with Crippen LogP contribution >= 0.6 is 21.6 Å². The minimum atomic E-state index is -0.663. The van der Waals surface area contributed by atoms with Crippen LogP contribution in [-0.4, -0.2) is 49.4 Å². The van der Waals surface area contributed by atoms with Gasteiger partial charge in [0.05, 0.1) is 18.5 Å². The molecule has 0 aliphatic carbocycles. The molecule has 1 aliphatic heterocycles. The molecule has 156 valence electrons. The Morgan fingerprint density at radius 3 is 2.75 bits per heavy atom. The standard InChI is InChI=1S/C9H13N5O2.C8H14O2S2/c1-5-8(16)7(3-13-14-9(10)11)6(4-15)2-12-5;9-8(10)4-2-1-3-7-5-6-11-12-7/h2-3,15-16H,4H2,1H3,(H4,10,11,14);7H,1-6H2,(H,9,10)/b13-3+;/t;7-/m.1/s1. The first-order valence-corrected chi connectivity index (χ1v) is 11.1. The van der Waals surface area contributed by atoms with Gasteiger partial charge in [0.2, 0.25) is 5.96 Å². The van der Waals surface area contributed by atoms with E-state index in [2.05, 4.69) is 15.2 Å². The number of nitrogens with zero attached hydrogens (tertiary/aromatic N) is 3. The predicted octanol–water partition coefficient (Wildman–Crippen LogP) is 1.98. The first kappa shape index (κ1) is 24.1. The lowest BCUT2D eigenvalue weighted by Gasteiger charge is -2.06. The number of rotatable bonds is 8. The Morgan fingerprint density at radius 1 is 1.43 bits per heavy atom. The van der Waals surface area contributed by atoms with Gasteiger partial charge in [0.1, 0.15) is 5.75 Å². The predicted molar refractivity (Wildman–Crippen MR) is 115 cm³/mol. The van der Waals surface area contributed by atoms with Crippen molar-refractivity contribution in [2.75, 3.05) is 5.75 Å². The zero-order valence-electron chi connectivity index (χ0n) is 15.7. The second-order valence-corrected chi connectivity index (χ2v) is 8.81. The number of hydrogen-bond acceptors (Lipinski definition) is 8. The summed E-state index contributed by atoms with van der Waals surface area (Å²) in [6.45, 7) is 1.37. The summed E-state index contributed by atoms with van der Waals surface area (Å²) < 4.78 is 0. The van der Waals surface area contributed by atoms with Crippen LogP contribution in [0.15, 0.2) is 16.4 Å². The number of pyridine rings is 1. The van der Waals surface area contributed by atoms with Gasteiger partial charge in [0, 0.05) is 34.7 Å². The number of aromatic nitrogens is 1. The molecular weight excluding hydrogens is 402 g/mol. The molecule has 7 N–H and O–H groups in total. The van der Waals surface area contributed by atoms with Crippen molar-refractivity contribution in [3.8, 4) is 5.75 Å². The summed E-state index contributed by atoms with van der Waals surface area (Å²) in [6.07, 6.45) is 7.47. The molecule has 1 aliphatic rings. The van der Waals surface area contributed by atoms with E-state index in [1.165, 1.54) is 31.0 Å². The van der Waals surface area contributed by atoms with E-state index in [1.807, 2.05) is 21.6 Å².